The molecule has 2 aromatic heterocycles. The van der Waals surface area contributed by atoms with Crippen molar-refractivity contribution in [2.45, 2.75) is 26.2 Å². The quantitative estimate of drug-likeness (QED) is 0.868. The molecule has 0 aliphatic heterocycles. The number of nitrogens with zero attached hydrogens (tertiary/aromatic N) is 2. The predicted octanol–water partition coefficient (Wildman–Crippen LogP) is 1.92. The lowest BCUT2D eigenvalue weighted by Crippen LogP contribution is -2.28. The molecule has 0 aromatic carbocycles. The van der Waals surface area contributed by atoms with Crippen LogP contribution in [0.1, 0.15) is 23.5 Å². The average Bonchev–Trinajstić information content (AvgIpc) is 2.96. The predicted molar refractivity (Wildman–Crippen MR) is 69.6 cm³/mol. The van der Waals surface area contributed by atoms with Crippen molar-refractivity contribution in [3.8, 4) is 0 Å². The van der Waals surface area contributed by atoms with E-state index < -0.39 is 0 Å². The van der Waals surface area contributed by atoms with Gasteiger partial charge in [0.05, 0.1) is 17.7 Å². The summed E-state index contributed by atoms with van der Waals surface area (Å²) in [7, 11) is 0. The molecule has 0 spiro atoms. The standard InChI is InChI=1S/C12H14N4OS/c1-7-5-18-12(15-7)16-11(17)8-2-3-9-10(4-8)14-6-13-9/h5-6,8H,2-4H2,1H3,(H,13,14)(H,15,16,17). The number of carbonyl (C=O) groups excluding carboxylic acids is 1. The number of hydrogen-bond acceptors (Lipinski definition) is 4. The minimum Gasteiger partial charge on any atom is -0.348 e. The van der Waals surface area contributed by atoms with Gasteiger partial charge in [-0.05, 0) is 19.8 Å². The highest BCUT2D eigenvalue weighted by Crippen LogP contribution is 2.24. The molecule has 1 amide bonds. The third kappa shape index (κ3) is 2.15. The summed E-state index contributed by atoms with van der Waals surface area (Å²) in [6.07, 6.45) is 4.17. The van der Waals surface area contributed by atoms with Crippen LogP contribution >= 0.6 is 11.3 Å². The third-order valence-electron chi connectivity index (χ3n) is 3.21. The Kier molecular flexibility index (Phi) is 2.87. The van der Waals surface area contributed by atoms with E-state index in [0.29, 0.717) is 5.13 Å². The van der Waals surface area contributed by atoms with Gasteiger partial charge >= 0.3 is 0 Å². The Bertz CT molecular complexity index is 574. The van der Waals surface area contributed by atoms with Crippen LogP contribution in [0.4, 0.5) is 5.13 Å². The number of fused-ring (bicyclic) bond motifs is 1. The first-order valence-corrected chi connectivity index (χ1v) is 6.84. The Morgan fingerprint density at radius 1 is 1.61 bits per heavy atom. The molecule has 18 heavy (non-hydrogen) atoms. The lowest BCUT2D eigenvalue weighted by Gasteiger charge is -2.19. The Morgan fingerprint density at radius 2 is 2.50 bits per heavy atom. The van der Waals surface area contributed by atoms with E-state index >= 15 is 0 Å². The van der Waals surface area contributed by atoms with E-state index in [1.807, 2.05) is 12.3 Å². The smallest absolute Gasteiger partial charge is 0.229 e. The molecule has 0 radical (unpaired) electrons. The van der Waals surface area contributed by atoms with Gasteiger partial charge < -0.3 is 10.3 Å². The molecular formula is C12H14N4OS. The summed E-state index contributed by atoms with van der Waals surface area (Å²) in [5.74, 6) is 0.0757. The summed E-state index contributed by atoms with van der Waals surface area (Å²) in [6, 6.07) is 0. The molecule has 3 rings (SSSR count). The Hall–Kier alpha value is -1.69. The van der Waals surface area contributed by atoms with Gasteiger partial charge in [0.25, 0.3) is 0 Å². The number of amides is 1. The van der Waals surface area contributed by atoms with Gasteiger partial charge in [0.1, 0.15) is 0 Å². The molecule has 2 N–H and O–H groups in total. The van der Waals surface area contributed by atoms with Gasteiger partial charge in [-0.3, -0.25) is 4.79 Å². The second-order valence-corrected chi connectivity index (χ2v) is 5.41. The van der Waals surface area contributed by atoms with Crippen LogP contribution in [-0.2, 0) is 17.6 Å². The van der Waals surface area contributed by atoms with Crippen molar-refractivity contribution in [1.29, 1.82) is 0 Å². The van der Waals surface area contributed by atoms with E-state index in [0.717, 1.165) is 36.3 Å². The fraction of sp³-hybridized carbons (Fsp3) is 0.417. The number of rotatable bonds is 2. The number of nitrogens with one attached hydrogen (secondary N) is 2. The fourth-order valence-corrected chi connectivity index (χ4v) is 2.93. The average molecular weight is 262 g/mol. The Balaban J connectivity index is 1.67. The van der Waals surface area contributed by atoms with Crippen LogP contribution in [0.3, 0.4) is 0 Å². The summed E-state index contributed by atoms with van der Waals surface area (Å²) in [6.45, 7) is 1.92. The van der Waals surface area contributed by atoms with Crippen LogP contribution in [-0.4, -0.2) is 20.9 Å². The zero-order chi connectivity index (χ0) is 12.5. The summed E-state index contributed by atoms with van der Waals surface area (Å²) >= 11 is 1.47. The van der Waals surface area contributed by atoms with Crippen molar-refractivity contribution in [2.24, 2.45) is 5.92 Å². The molecular weight excluding hydrogens is 248 g/mol. The van der Waals surface area contributed by atoms with Gasteiger partial charge in [-0.25, -0.2) is 9.97 Å². The molecule has 0 saturated heterocycles. The van der Waals surface area contributed by atoms with Crippen LogP contribution in [0.2, 0.25) is 0 Å². The largest absolute Gasteiger partial charge is 0.348 e. The van der Waals surface area contributed by atoms with Crippen molar-refractivity contribution >= 4 is 22.4 Å². The highest BCUT2D eigenvalue weighted by atomic mass is 32.1. The lowest BCUT2D eigenvalue weighted by atomic mass is 9.89. The first kappa shape index (κ1) is 11.4. The van der Waals surface area contributed by atoms with Crippen LogP contribution in [0, 0.1) is 12.8 Å². The summed E-state index contributed by atoms with van der Waals surface area (Å²) in [5.41, 5.74) is 3.13. The maximum atomic E-state index is 12.1. The number of anilines is 1. The normalized spacial score (nSPS) is 18.4. The third-order valence-corrected chi connectivity index (χ3v) is 4.08. The molecule has 1 unspecified atom stereocenters. The number of aryl methyl sites for hydroxylation is 2. The zero-order valence-electron chi connectivity index (χ0n) is 10.1. The summed E-state index contributed by atoms with van der Waals surface area (Å²) < 4.78 is 0. The molecule has 2 heterocycles. The number of hydrogen-bond donors (Lipinski definition) is 2. The van der Waals surface area contributed by atoms with Crippen molar-refractivity contribution in [2.75, 3.05) is 5.32 Å². The van der Waals surface area contributed by atoms with E-state index in [2.05, 4.69) is 20.3 Å². The number of H-pyrrole nitrogens is 1. The minimum atomic E-state index is 0.0159. The number of carbonyl (C=O) groups is 1. The Labute approximate surface area is 109 Å². The first-order chi connectivity index (χ1) is 8.72. The molecule has 94 valence electrons. The number of aromatic nitrogens is 3. The molecule has 1 atom stereocenters. The van der Waals surface area contributed by atoms with Crippen molar-refractivity contribution in [1.82, 2.24) is 15.0 Å². The van der Waals surface area contributed by atoms with E-state index in [1.165, 1.54) is 11.3 Å². The second kappa shape index (κ2) is 4.53. The summed E-state index contributed by atoms with van der Waals surface area (Å²) in [4.78, 5) is 23.7. The highest BCUT2D eigenvalue weighted by molar-refractivity contribution is 7.13. The van der Waals surface area contributed by atoms with Crippen molar-refractivity contribution in [3.63, 3.8) is 0 Å². The molecule has 5 nitrogen and oxygen atoms in total. The van der Waals surface area contributed by atoms with Gasteiger partial charge in [-0.15, -0.1) is 11.3 Å². The monoisotopic (exact) mass is 262 g/mol. The van der Waals surface area contributed by atoms with E-state index in [1.54, 1.807) is 6.33 Å². The topological polar surface area (TPSA) is 70.7 Å². The van der Waals surface area contributed by atoms with Crippen molar-refractivity contribution in [3.05, 3.63) is 28.8 Å². The van der Waals surface area contributed by atoms with Gasteiger partial charge in [-0.1, -0.05) is 0 Å². The van der Waals surface area contributed by atoms with E-state index in [-0.39, 0.29) is 11.8 Å². The van der Waals surface area contributed by atoms with Crippen molar-refractivity contribution < 1.29 is 4.79 Å². The molecule has 0 bridgehead atoms. The maximum absolute atomic E-state index is 12.1. The number of imidazole rings is 1. The molecule has 2 aromatic rings. The minimum absolute atomic E-state index is 0.0159. The van der Waals surface area contributed by atoms with Gasteiger partial charge in [0.2, 0.25) is 5.91 Å². The van der Waals surface area contributed by atoms with Crippen LogP contribution in [0.15, 0.2) is 11.7 Å². The lowest BCUT2D eigenvalue weighted by molar-refractivity contribution is -0.120. The van der Waals surface area contributed by atoms with E-state index in [4.69, 9.17) is 0 Å². The van der Waals surface area contributed by atoms with Gasteiger partial charge in [0.15, 0.2) is 5.13 Å². The van der Waals surface area contributed by atoms with Crippen LogP contribution < -0.4 is 5.32 Å². The number of thiazole rings is 1. The van der Waals surface area contributed by atoms with Crippen LogP contribution in [0.25, 0.3) is 0 Å². The van der Waals surface area contributed by atoms with E-state index in [9.17, 15) is 4.79 Å². The summed E-state index contributed by atoms with van der Waals surface area (Å²) in [5, 5.41) is 5.51. The highest BCUT2D eigenvalue weighted by Gasteiger charge is 2.26. The SMILES string of the molecule is Cc1csc(NC(=O)C2CCc3nc[nH]c3C2)n1. The zero-order valence-corrected chi connectivity index (χ0v) is 10.9. The molecule has 1 aliphatic carbocycles. The van der Waals surface area contributed by atoms with Gasteiger partial charge in [-0.2, -0.15) is 0 Å². The maximum Gasteiger partial charge on any atom is 0.229 e. The van der Waals surface area contributed by atoms with Gasteiger partial charge in [0, 0.05) is 23.4 Å². The van der Waals surface area contributed by atoms with Crippen LogP contribution in [0.5, 0.6) is 0 Å². The first-order valence-electron chi connectivity index (χ1n) is 5.96. The molecule has 0 saturated carbocycles. The Morgan fingerprint density at radius 3 is 3.28 bits per heavy atom. The fourth-order valence-electron chi connectivity index (χ4n) is 2.24. The number of aromatic amines is 1. The molecule has 1 aliphatic rings. The molecule has 6 heteroatoms. The molecule has 0 fully saturated rings. The second-order valence-electron chi connectivity index (χ2n) is 4.55.